The Kier molecular flexibility index (Phi) is 6.65. The van der Waals surface area contributed by atoms with Crippen LogP contribution in [0.1, 0.15) is 38.3 Å². The summed E-state index contributed by atoms with van der Waals surface area (Å²) in [6, 6.07) is 7.87. The monoisotopic (exact) mass is 370 g/mol. The molecule has 2 rings (SSSR count). The fourth-order valence-electron chi connectivity index (χ4n) is 2.16. The highest BCUT2D eigenvalue weighted by atomic mass is 16.4. The van der Waals surface area contributed by atoms with Crippen molar-refractivity contribution in [3.05, 3.63) is 58.7 Å². The third kappa shape index (κ3) is 5.67. The summed E-state index contributed by atoms with van der Waals surface area (Å²) in [6.45, 7) is 0.796. The Bertz CT molecular complexity index is 832. The van der Waals surface area contributed by atoms with Crippen LogP contribution in [0.15, 0.2) is 46.4 Å². The van der Waals surface area contributed by atoms with Crippen molar-refractivity contribution in [1.82, 2.24) is 0 Å². The summed E-state index contributed by atoms with van der Waals surface area (Å²) in [7, 11) is 0. The van der Waals surface area contributed by atoms with Crippen molar-refractivity contribution in [2.24, 2.45) is 9.98 Å². The highest BCUT2D eigenvalue weighted by Gasteiger charge is 2.07. The van der Waals surface area contributed by atoms with E-state index in [2.05, 4.69) is 9.98 Å². The zero-order valence-corrected chi connectivity index (χ0v) is 14.2. The first-order chi connectivity index (χ1) is 12.9. The number of carboxylic acid groups (broad SMARTS) is 2. The summed E-state index contributed by atoms with van der Waals surface area (Å²) < 4.78 is 0. The van der Waals surface area contributed by atoms with Crippen LogP contribution in [0.4, 0.5) is 0 Å². The first-order valence-corrected chi connectivity index (χ1v) is 8.00. The molecule has 0 aliphatic heterocycles. The van der Waals surface area contributed by atoms with Gasteiger partial charge in [0.05, 0.1) is 11.1 Å². The van der Waals surface area contributed by atoms with Crippen LogP contribution >= 0.6 is 0 Å². The van der Waals surface area contributed by atoms with Gasteiger partial charge in [0.1, 0.15) is 11.5 Å². The molecule has 0 saturated carbocycles. The summed E-state index contributed by atoms with van der Waals surface area (Å²) in [5, 5.41) is 37.3. The van der Waals surface area contributed by atoms with Gasteiger partial charge in [0, 0.05) is 36.6 Å². The topological polar surface area (TPSA) is 140 Å². The van der Waals surface area contributed by atoms with Crippen molar-refractivity contribution in [2.75, 3.05) is 13.1 Å². The summed E-state index contributed by atoms with van der Waals surface area (Å²) in [4.78, 5) is 30.1. The molecule has 0 unspecified atom stereocenters. The summed E-state index contributed by atoms with van der Waals surface area (Å²) in [6.07, 6.45) is 3.37. The number of hydrogen-bond donors (Lipinski definition) is 4. The maximum Gasteiger partial charge on any atom is 0.335 e. The minimum atomic E-state index is -1.09. The van der Waals surface area contributed by atoms with Crippen LogP contribution in [0.5, 0.6) is 11.5 Å². The van der Waals surface area contributed by atoms with E-state index in [1.807, 2.05) is 0 Å². The van der Waals surface area contributed by atoms with Crippen molar-refractivity contribution in [2.45, 2.75) is 6.42 Å². The lowest BCUT2D eigenvalue weighted by Gasteiger charge is -2.01. The first kappa shape index (κ1) is 19.6. The largest absolute Gasteiger partial charge is 0.507 e. The van der Waals surface area contributed by atoms with Gasteiger partial charge in [0.25, 0.3) is 0 Å². The Morgan fingerprint density at radius 3 is 1.56 bits per heavy atom. The van der Waals surface area contributed by atoms with E-state index in [9.17, 15) is 19.8 Å². The van der Waals surface area contributed by atoms with Crippen LogP contribution in [0.3, 0.4) is 0 Å². The van der Waals surface area contributed by atoms with Crippen LogP contribution in [-0.2, 0) is 0 Å². The molecule has 4 N–H and O–H groups in total. The molecule has 0 saturated heterocycles. The maximum atomic E-state index is 10.9. The minimum absolute atomic E-state index is 0.0576. The first-order valence-electron chi connectivity index (χ1n) is 8.00. The zero-order chi connectivity index (χ0) is 19.8. The quantitative estimate of drug-likeness (QED) is 0.415. The van der Waals surface area contributed by atoms with Crippen LogP contribution in [0.2, 0.25) is 0 Å². The van der Waals surface area contributed by atoms with Crippen LogP contribution in [0.25, 0.3) is 0 Å². The number of hydrogen-bond acceptors (Lipinski definition) is 6. The fraction of sp³-hybridized carbons (Fsp3) is 0.158. The van der Waals surface area contributed by atoms with E-state index < -0.39 is 11.9 Å². The van der Waals surface area contributed by atoms with Crippen molar-refractivity contribution in [1.29, 1.82) is 0 Å². The predicted octanol–water partition coefficient (Wildman–Crippen LogP) is 2.42. The molecule has 0 amide bonds. The van der Waals surface area contributed by atoms with Crippen molar-refractivity contribution >= 4 is 24.4 Å². The van der Waals surface area contributed by atoms with Crippen LogP contribution in [0, 0.1) is 0 Å². The Balaban J connectivity index is 1.87. The smallest absolute Gasteiger partial charge is 0.335 e. The molecule has 0 fully saturated rings. The van der Waals surface area contributed by atoms with Gasteiger partial charge >= 0.3 is 11.9 Å². The summed E-state index contributed by atoms with van der Waals surface area (Å²) in [5.41, 5.74) is 0.743. The molecule has 0 aliphatic carbocycles. The fourth-order valence-corrected chi connectivity index (χ4v) is 2.16. The summed E-state index contributed by atoms with van der Waals surface area (Å²) >= 11 is 0. The molecule has 140 valence electrons. The van der Waals surface area contributed by atoms with E-state index in [4.69, 9.17) is 10.2 Å². The third-order valence-corrected chi connectivity index (χ3v) is 3.58. The number of phenols is 2. The number of phenolic OH excluding ortho intramolecular Hbond substituents is 2. The predicted molar refractivity (Wildman–Crippen MR) is 99.7 cm³/mol. The molecule has 0 atom stereocenters. The summed E-state index contributed by atoms with van der Waals surface area (Å²) in [5.74, 6) is -2.30. The molecule has 0 bridgehead atoms. The molecular formula is C19H18N2O6. The lowest BCUT2D eigenvalue weighted by Crippen LogP contribution is -1.98. The molecular weight excluding hydrogens is 352 g/mol. The Morgan fingerprint density at radius 2 is 1.19 bits per heavy atom. The second kappa shape index (κ2) is 9.14. The number of carboxylic acids is 2. The normalized spacial score (nSPS) is 11.3. The number of aromatic carboxylic acids is 2. The van der Waals surface area contributed by atoms with Crippen molar-refractivity contribution in [3.8, 4) is 11.5 Å². The molecule has 27 heavy (non-hydrogen) atoms. The van der Waals surface area contributed by atoms with E-state index in [-0.39, 0.29) is 22.6 Å². The van der Waals surface area contributed by atoms with Gasteiger partial charge in [-0.2, -0.15) is 0 Å². The van der Waals surface area contributed by atoms with E-state index in [1.165, 1.54) is 48.8 Å². The number of benzene rings is 2. The molecule has 0 aromatic heterocycles. The lowest BCUT2D eigenvalue weighted by atomic mass is 10.1. The average molecular weight is 370 g/mol. The zero-order valence-electron chi connectivity index (χ0n) is 14.2. The molecule has 0 spiro atoms. The molecule has 8 nitrogen and oxygen atoms in total. The Morgan fingerprint density at radius 1 is 0.778 bits per heavy atom. The highest BCUT2D eigenvalue weighted by molar-refractivity contribution is 5.93. The lowest BCUT2D eigenvalue weighted by molar-refractivity contribution is 0.0686. The van der Waals surface area contributed by atoms with Gasteiger partial charge in [-0.05, 0) is 42.8 Å². The SMILES string of the molecule is O=C(O)c1ccc(O)c(C=NCCCN=Cc2cc(C(=O)O)ccc2O)c1. The molecule has 8 heteroatoms. The Hall–Kier alpha value is -3.68. The van der Waals surface area contributed by atoms with Gasteiger partial charge < -0.3 is 20.4 Å². The van der Waals surface area contributed by atoms with E-state index >= 15 is 0 Å². The van der Waals surface area contributed by atoms with Gasteiger partial charge in [-0.1, -0.05) is 0 Å². The average Bonchev–Trinajstić information content (AvgIpc) is 2.63. The van der Waals surface area contributed by atoms with Gasteiger partial charge in [-0.3, -0.25) is 9.98 Å². The van der Waals surface area contributed by atoms with Crippen molar-refractivity contribution in [3.63, 3.8) is 0 Å². The van der Waals surface area contributed by atoms with Crippen LogP contribution < -0.4 is 0 Å². The van der Waals surface area contributed by atoms with E-state index in [1.54, 1.807) is 0 Å². The molecule has 2 aromatic carbocycles. The molecule has 2 aromatic rings. The number of nitrogens with zero attached hydrogens (tertiary/aromatic N) is 2. The molecule has 0 radical (unpaired) electrons. The van der Waals surface area contributed by atoms with Gasteiger partial charge in [-0.25, -0.2) is 9.59 Å². The minimum Gasteiger partial charge on any atom is -0.507 e. The maximum absolute atomic E-state index is 10.9. The molecule has 0 aliphatic rings. The third-order valence-electron chi connectivity index (χ3n) is 3.58. The highest BCUT2D eigenvalue weighted by Crippen LogP contribution is 2.17. The number of carbonyl (C=O) groups is 2. The van der Waals surface area contributed by atoms with Gasteiger partial charge in [0.15, 0.2) is 0 Å². The second-order valence-corrected chi connectivity index (χ2v) is 5.58. The standard InChI is InChI=1S/C19H18N2O6/c22-16-4-2-12(18(24)25)8-14(16)10-20-6-1-7-21-11-15-9-13(19(26)27)3-5-17(15)23/h2-5,8-11,22-23H,1,6-7H2,(H,24,25)(H,26,27). The number of aromatic hydroxyl groups is 2. The number of aliphatic imine (C=N–C) groups is 2. The van der Waals surface area contributed by atoms with Crippen LogP contribution in [-0.4, -0.2) is 57.9 Å². The van der Waals surface area contributed by atoms with Crippen molar-refractivity contribution < 1.29 is 30.0 Å². The van der Waals surface area contributed by atoms with Gasteiger partial charge in [0.2, 0.25) is 0 Å². The second-order valence-electron chi connectivity index (χ2n) is 5.58. The van der Waals surface area contributed by atoms with Gasteiger partial charge in [-0.15, -0.1) is 0 Å². The Labute approximate surface area is 154 Å². The molecule has 0 heterocycles. The van der Waals surface area contributed by atoms with E-state index in [0.29, 0.717) is 30.6 Å². The van der Waals surface area contributed by atoms with E-state index in [0.717, 1.165) is 0 Å². The number of rotatable bonds is 8.